The number of aromatic nitrogens is 2. The smallest absolute Gasteiger partial charge is 0.136 e. The van der Waals surface area contributed by atoms with Crippen molar-refractivity contribution in [3.05, 3.63) is 58.3 Å². The number of rotatable bonds is 6. The van der Waals surface area contributed by atoms with E-state index in [2.05, 4.69) is 43.7 Å². The Bertz CT molecular complexity index is 1190. The zero-order valence-corrected chi connectivity index (χ0v) is 20.6. The minimum Gasteiger partial charge on any atom is -0.395 e. The molecule has 9 heteroatoms. The Labute approximate surface area is 209 Å². The molecule has 2 fully saturated rings. The highest BCUT2D eigenvalue weighted by Gasteiger charge is 2.35. The Hall–Kier alpha value is -2.16. The third-order valence-corrected chi connectivity index (χ3v) is 7.78. The topological polar surface area (TPSA) is 73.6 Å². The molecule has 2 N–H and O–H groups in total. The molecule has 4 atom stereocenters. The van der Waals surface area contributed by atoms with E-state index in [0.717, 1.165) is 61.0 Å². The van der Waals surface area contributed by atoms with Crippen molar-refractivity contribution in [3.63, 3.8) is 0 Å². The van der Waals surface area contributed by atoms with E-state index >= 15 is 0 Å². The fourth-order valence-corrected chi connectivity index (χ4v) is 5.87. The number of hydrogen-bond donors (Lipinski definition) is 2. The van der Waals surface area contributed by atoms with Crippen LogP contribution in [0.3, 0.4) is 0 Å². The van der Waals surface area contributed by atoms with E-state index < -0.39 is 0 Å². The van der Waals surface area contributed by atoms with Crippen molar-refractivity contribution < 1.29 is 9.90 Å². The predicted molar refractivity (Wildman–Crippen MR) is 136 cm³/mol. The average molecular weight is 502 g/mol. The molecule has 1 aromatic heterocycles. The third kappa shape index (κ3) is 4.43. The van der Waals surface area contributed by atoms with Crippen LogP contribution >= 0.6 is 23.2 Å². The van der Waals surface area contributed by atoms with Gasteiger partial charge in [0.15, 0.2) is 0 Å². The number of imidazole rings is 1. The highest BCUT2D eigenvalue weighted by molar-refractivity contribution is 6.35. The molecule has 0 bridgehead atoms. The van der Waals surface area contributed by atoms with Gasteiger partial charge in [-0.1, -0.05) is 29.3 Å². The van der Waals surface area contributed by atoms with Gasteiger partial charge in [-0.05, 0) is 55.7 Å². The molecular formula is C25H29Cl2N5O2. The number of fused-ring (bicyclic) bond motifs is 1. The quantitative estimate of drug-likeness (QED) is 0.501. The first-order chi connectivity index (χ1) is 16.5. The molecule has 0 amide bonds. The zero-order chi connectivity index (χ0) is 23.8. The number of aldehydes is 1. The molecule has 2 saturated heterocycles. The lowest BCUT2D eigenvalue weighted by molar-refractivity contribution is -0.109. The fourth-order valence-electron chi connectivity index (χ4n) is 5.31. The lowest BCUT2D eigenvalue weighted by atomic mass is 10.1. The number of aliphatic hydroxyl groups is 1. The molecule has 34 heavy (non-hydrogen) atoms. The normalized spacial score (nSPS) is 24.6. The van der Waals surface area contributed by atoms with E-state index in [4.69, 9.17) is 23.2 Å². The van der Waals surface area contributed by atoms with E-state index in [-0.39, 0.29) is 30.9 Å². The number of benzene rings is 2. The van der Waals surface area contributed by atoms with Crippen LogP contribution in [-0.2, 0) is 4.79 Å². The summed E-state index contributed by atoms with van der Waals surface area (Å²) in [4.78, 5) is 20.4. The molecular weight excluding hydrogens is 473 g/mol. The molecule has 3 aromatic rings. The summed E-state index contributed by atoms with van der Waals surface area (Å²) in [6, 6.07) is 11.8. The highest BCUT2D eigenvalue weighted by Crippen LogP contribution is 2.32. The van der Waals surface area contributed by atoms with Gasteiger partial charge in [0.2, 0.25) is 0 Å². The maximum Gasteiger partial charge on any atom is 0.136 e. The number of hydrogen-bond acceptors (Lipinski definition) is 6. The monoisotopic (exact) mass is 501 g/mol. The van der Waals surface area contributed by atoms with Crippen LogP contribution in [0.15, 0.2) is 42.7 Å². The van der Waals surface area contributed by atoms with Crippen molar-refractivity contribution in [2.24, 2.45) is 0 Å². The van der Waals surface area contributed by atoms with Crippen molar-refractivity contribution in [2.75, 3.05) is 31.1 Å². The lowest BCUT2D eigenvalue weighted by Crippen LogP contribution is -2.60. The summed E-state index contributed by atoms with van der Waals surface area (Å²) < 4.78 is 2.13. The van der Waals surface area contributed by atoms with E-state index in [1.165, 1.54) is 0 Å². The van der Waals surface area contributed by atoms with Gasteiger partial charge in [-0.25, -0.2) is 4.98 Å². The van der Waals surface area contributed by atoms with Gasteiger partial charge in [0.05, 0.1) is 48.3 Å². The summed E-state index contributed by atoms with van der Waals surface area (Å²) in [7, 11) is 0. The second-order valence-electron chi connectivity index (χ2n) is 9.19. The summed E-state index contributed by atoms with van der Waals surface area (Å²) in [6.07, 6.45) is 4.76. The number of nitrogens with one attached hydrogen (secondary N) is 1. The number of carbonyl (C=O) groups excluding carboxylic acids is 1. The molecule has 2 aromatic carbocycles. The molecule has 3 heterocycles. The predicted octanol–water partition coefficient (Wildman–Crippen LogP) is 3.71. The number of piperazine rings is 1. The largest absolute Gasteiger partial charge is 0.395 e. The lowest BCUT2D eigenvalue weighted by Gasteiger charge is -2.44. The molecule has 180 valence electrons. The van der Waals surface area contributed by atoms with Crippen LogP contribution in [0.5, 0.6) is 0 Å². The summed E-state index contributed by atoms with van der Waals surface area (Å²) in [5.41, 5.74) is 4.05. The van der Waals surface area contributed by atoms with Gasteiger partial charge in [-0.3, -0.25) is 10.2 Å². The Kier molecular flexibility index (Phi) is 6.82. The Morgan fingerprint density at radius 2 is 2.06 bits per heavy atom. The first-order valence-electron chi connectivity index (χ1n) is 11.7. The molecule has 2 unspecified atom stereocenters. The van der Waals surface area contributed by atoms with Crippen molar-refractivity contribution in [2.45, 2.75) is 44.1 Å². The molecule has 0 aliphatic carbocycles. The molecule has 2 aliphatic rings. The van der Waals surface area contributed by atoms with Crippen LogP contribution in [0.1, 0.15) is 31.4 Å². The van der Waals surface area contributed by atoms with Crippen molar-refractivity contribution >= 4 is 46.2 Å². The number of nitrogens with zero attached hydrogens (tertiary/aromatic N) is 4. The molecule has 7 nitrogen and oxygen atoms in total. The van der Waals surface area contributed by atoms with Gasteiger partial charge in [-0.15, -0.1) is 0 Å². The maximum absolute atomic E-state index is 11.1. The molecule has 5 rings (SSSR count). The Morgan fingerprint density at radius 1 is 1.21 bits per heavy atom. The summed E-state index contributed by atoms with van der Waals surface area (Å²) in [6.45, 7) is 4.57. The molecule has 0 radical (unpaired) electrons. The van der Waals surface area contributed by atoms with Crippen LogP contribution in [0.4, 0.5) is 5.69 Å². The zero-order valence-electron chi connectivity index (χ0n) is 19.1. The van der Waals surface area contributed by atoms with E-state index in [1.54, 1.807) is 6.07 Å². The first kappa shape index (κ1) is 23.6. The van der Waals surface area contributed by atoms with Crippen LogP contribution in [-0.4, -0.2) is 70.3 Å². The van der Waals surface area contributed by atoms with Crippen molar-refractivity contribution in [3.8, 4) is 0 Å². The second-order valence-corrected chi connectivity index (χ2v) is 10.0. The van der Waals surface area contributed by atoms with Gasteiger partial charge in [0.1, 0.15) is 6.29 Å². The number of halogens is 2. The Balaban J connectivity index is 1.38. The minimum atomic E-state index is -0.0822. The van der Waals surface area contributed by atoms with E-state index in [9.17, 15) is 9.90 Å². The van der Waals surface area contributed by atoms with Crippen molar-refractivity contribution in [1.29, 1.82) is 0 Å². The van der Waals surface area contributed by atoms with E-state index in [1.807, 2.05) is 24.5 Å². The van der Waals surface area contributed by atoms with Crippen LogP contribution in [0, 0.1) is 0 Å². The number of anilines is 1. The Morgan fingerprint density at radius 3 is 2.79 bits per heavy atom. The van der Waals surface area contributed by atoms with Crippen molar-refractivity contribution in [1.82, 2.24) is 19.8 Å². The molecule has 0 spiro atoms. The maximum atomic E-state index is 11.1. The third-order valence-electron chi connectivity index (χ3n) is 7.21. The number of aliphatic hydroxyl groups excluding tert-OH is 1. The SMILES string of the molecule is C[C@H](c1ccc(Cl)cc1Cl)n1cnc2ccc(N3CCN(C4CC[C@H](C=O)N4)C(CO)C3)cc21. The minimum absolute atomic E-state index is 0.00376. The summed E-state index contributed by atoms with van der Waals surface area (Å²) in [5.74, 6) is 0. The van der Waals surface area contributed by atoms with Gasteiger partial charge < -0.3 is 19.4 Å². The molecule has 2 aliphatic heterocycles. The standard InChI is InChI=1S/C25H29Cl2N5O2/c1-16(21-5-2-17(26)10-22(21)27)32-15-28-23-6-4-19(11-24(23)32)30-8-9-31(20(12-30)14-34)25-7-3-18(13-33)29-25/h2,4-6,10-11,13,15-16,18,20,25,29,34H,3,7-9,12,14H2,1H3/t16-,18-,20?,25?/m1/s1. The van der Waals surface area contributed by atoms with Crippen LogP contribution < -0.4 is 10.2 Å². The molecule has 0 saturated carbocycles. The average Bonchev–Trinajstić information content (AvgIpc) is 3.50. The fraction of sp³-hybridized carbons (Fsp3) is 0.440. The summed E-state index contributed by atoms with van der Waals surface area (Å²) in [5, 5.41) is 14.8. The van der Waals surface area contributed by atoms with Gasteiger partial charge in [0.25, 0.3) is 0 Å². The first-order valence-corrected chi connectivity index (χ1v) is 12.5. The number of carbonyl (C=O) groups is 1. The van der Waals surface area contributed by atoms with Gasteiger partial charge in [-0.2, -0.15) is 0 Å². The highest BCUT2D eigenvalue weighted by atomic mass is 35.5. The van der Waals surface area contributed by atoms with Gasteiger partial charge >= 0.3 is 0 Å². The van der Waals surface area contributed by atoms with Gasteiger partial charge in [0, 0.05) is 35.4 Å². The van der Waals surface area contributed by atoms with Crippen LogP contribution in [0.25, 0.3) is 11.0 Å². The summed E-state index contributed by atoms with van der Waals surface area (Å²) >= 11 is 12.6. The second kappa shape index (κ2) is 9.84. The van der Waals surface area contributed by atoms with Crippen LogP contribution in [0.2, 0.25) is 10.0 Å². The van der Waals surface area contributed by atoms with E-state index in [0.29, 0.717) is 10.0 Å².